The zero-order valence-electron chi connectivity index (χ0n) is 11.6. The predicted molar refractivity (Wildman–Crippen MR) is 87.3 cm³/mol. The molecule has 0 unspecified atom stereocenters. The van der Waals surface area contributed by atoms with Crippen molar-refractivity contribution in [2.45, 2.75) is 6.54 Å². The van der Waals surface area contributed by atoms with E-state index in [-0.39, 0.29) is 5.97 Å². The van der Waals surface area contributed by atoms with Crippen molar-refractivity contribution in [3.8, 4) is 0 Å². The van der Waals surface area contributed by atoms with Gasteiger partial charge in [-0.05, 0) is 36.0 Å². The number of anilines is 1. The van der Waals surface area contributed by atoms with Crippen LogP contribution in [-0.4, -0.2) is 18.2 Å². The Morgan fingerprint density at radius 1 is 1.14 bits per heavy atom. The number of hydrogen-bond donors (Lipinski definition) is 2. The third-order valence-corrected chi connectivity index (χ3v) is 3.08. The first kappa shape index (κ1) is 15.0. The van der Waals surface area contributed by atoms with Crippen LogP contribution in [0, 0.1) is 0 Å². The van der Waals surface area contributed by atoms with Crippen LogP contribution in [0.3, 0.4) is 0 Å². The van der Waals surface area contributed by atoms with Gasteiger partial charge in [0.1, 0.15) is 0 Å². The average molecular weight is 300 g/mol. The van der Waals surface area contributed by atoms with Gasteiger partial charge < -0.3 is 15.4 Å². The molecule has 0 spiro atoms. The van der Waals surface area contributed by atoms with Crippen LogP contribution in [0.25, 0.3) is 0 Å². The van der Waals surface area contributed by atoms with Crippen LogP contribution in [-0.2, 0) is 11.3 Å². The number of rotatable bonds is 4. The second-order valence-corrected chi connectivity index (χ2v) is 4.77. The molecule has 2 aromatic rings. The Morgan fingerprint density at radius 3 is 2.62 bits per heavy atom. The first-order valence-electron chi connectivity index (χ1n) is 6.46. The van der Waals surface area contributed by atoms with Gasteiger partial charge >= 0.3 is 5.97 Å². The Balaban J connectivity index is 1.92. The van der Waals surface area contributed by atoms with Crippen molar-refractivity contribution < 1.29 is 9.53 Å². The lowest BCUT2D eigenvalue weighted by Crippen LogP contribution is -2.27. The van der Waals surface area contributed by atoms with Crippen LogP contribution < -0.4 is 10.6 Å². The highest BCUT2D eigenvalue weighted by molar-refractivity contribution is 7.80. The number of hydrogen-bond acceptors (Lipinski definition) is 3. The predicted octanol–water partition coefficient (Wildman–Crippen LogP) is 2.96. The van der Waals surface area contributed by atoms with Crippen LogP contribution in [0.1, 0.15) is 15.9 Å². The fourth-order valence-corrected chi connectivity index (χ4v) is 1.99. The molecule has 0 amide bonds. The molecule has 2 N–H and O–H groups in total. The van der Waals surface area contributed by atoms with Crippen molar-refractivity contribution in [3.63, 3.8) is 0 Å². The highest BCUT2D eigenvalue weighted by Gasteiger charge is 2.06. The van der Waals surface area contributed by atoms with Gasteiger partial charge in [-0.25, -0.2) is 4.79 Å². The summed E-state index contributed by atoms with van der Waals surface area (Å²) in [7, 11) is 1.36. The summed E-state index contributed by atoms with van der Waals surface area (Å²) in [6.45, 7) is 0.642. The summed E-state index contributed by atoms with van der Waals surface area (Å²) >= 11 is 5.23. The lowest BCUT2D eigenvalue weighted by molar-refractivity contribution is 0.0601. The smallest absolute Gasteiger partial charge is 0.337 e. The molecule has 0 saturated heterocycles. The summed E-state index contributed by atoms with van der Waals surface area (Å²) in [5.74, 6) is -0.373. The number of nitrogens with one attached hydrogen (secondary N) is 2. The maximum Gasteiger partial charge on any atom is 0.337 e. The molecule has 0 fully saturated rings. The highest BCUT2D eigenvalue weighted by atomic mass is 32.1. The molecule has 108 valence electrons. The number of thiocarbonyl (C=S) groups is 1. The molecule has 0 bridgehead atoms. The van der Waals surface area contributed by atoms with E-state index in [1.165, 1.54) is 7.11 Å². The normalized spacial score (nSPS) is 9.76. The second-order valence-electron chi connectivity index (χ2n) is 4.37. The molecule has 0 aliphatic rings. The third-order valence-electron chi connectivity index (χ3n) is 2.84. The van der Waals surface area contributed by atoms with Gasteiger partial charge in [0.2, 0.25) is 0 Å². The molecule has 2 aromatic carbocycles. The summed E-state index contributed by atoms with van der Waals surface area (Å²) in [6.07, 6.45) is 0. The topological polar surface area (TPSA) is 50.4 Å². The zero-order valence-corrected chi connectivity index (χ0v) is 12.4. The maximum absolute atomic E-state index is 11.5. The van der Waals surface area contributed by atoms with Gasteiger partial charge in [0.05, 0.1) is 12.7 Å². The Bertz CT molecular complexity index is 629. The molecular formula is C16H16N2O2S. The van der Waals surface area contributed by atoms with Crippen molar-refractivity contribution in [2.75, 3.05) is 12.4 Å². The monoisotopic (exact) mass is 300 g/mol. The van der Waals surface area contributed by atoms with Gasteiger partial charge in [-0.1, -0.05) is 36.4 Å². The minimum Gasteiger partial charge on any atom is -0.465 e. The van der Waals surface area contributed by atoms with E-state index in [4.69, 9.17) is 12.2 Å². The van der Waals surface area contributed by atoms with E-state index in [9.17, 15) is 4.79 Å². The van der Waals surface area contributed by atoms with Crippen molar-refractivity contribution in [2.24, 2.45) is 0 Å². The van der Waals surface area contributed by atoms with Crippen LogP contribution in [0.15, 0.2) is 54.6 Å². The van der Waals surface area contributed by atoms with Gasteiger partial charge in [-0.3, -0.25) is 0 Å². The van der Waals surface area contributed by atoms with E-state index in [0.29, 0.717) is 17.2 Å². The lowest BCUT2D eigenvalue weighted by Gasteiger charge is -2.11. The van der Waals surface area contributed by atoms with Gasteiger partial charge in [0.15, 0.2) is 5.11 Å². The van der Waals surface area contributed by atoms with Crippen LogP contribution in [0.5, 0.6) is 0 Å². The molecule has 0 radical (unpaired) electrons. The molecule has 0 aliphatic carbocycles. The van der Waals surface area contributed by atoms with E-state index >= 15 is 0 Å². The maximum atomic E-state index is 11.5. The lowest BCUT2D eigenvalue weighted by atomic mass is 10.2. The minimum atomic E-state index is -0.373. The van der Waals surface area contributed by atoms with Crippen molar-refractivity contribution in [3.05, 3.63) is 65.7 Å². The van der Waals surface area contributed by atoms with E-state index in [1.807, 2.05) is 36.4 Å². The first-order chi connectivity index (χ1) is 10.2. The SMILES string of the molecule is COC(=O)c1cccc(NC(=S)NCc2ccccc2)c1. The van der Waals surface area contributed by atoms with Crippen LogP contribution in [0.2, 0.25) is 0 Å². The number of ether oxygens (including phenoxy) is 1. The molecule has 4 nitrogen and oxygen atoms in total. The van der Waals surface area contributed by atoms with Crippen LogP contribution >= 0.6 is 12.2 Å². The molecule has 0 aliphatic heterocycles. The fraction of sp³-hybridized carbons (Fsp3) is 0.125. The van der Waals surface area contributed by atoms with Gasteiger partial charge in [-0.2, -0.15) is 0 Å². The number of benzene rings is 2. The molecule has 2 rings (SSSR count). The van der Waals surface area contributed by atoms with E-state index in [0.717, 1.165) is 11.3 Å². The Morgan fingerprint density at radius 2 is 1.90 bits per heavy atom. The third kappa shape index (κ3) is 4.57. The van der Waals surface area contributed by atoms with Gasteiger partial charge in [0.25, 0.3) is 0 Å². The number of carbonyl (C=O) groups is 1. The summed E-state index contributed by atoms with van der Waals surface area (Å²) < 4.78 is 4.69. The number of methoxy groups -OCH3 is 1. The number of esters is 1. The molecule has 0 saturated carbocycles. The van der Waals surface area contributed by atoms with E-state index < -0.39 is 0 Å². The average Bonchev–Trinajstić information content (AvgIpc) is 2.53. The van der Waals surface area contributed by atoms with E-state index in [1.54, 1.807) is 18.2 Å². The summed E-state index contributed by atoms with van der Waals surface area (Å²) in [6, 6.07) is 17.0. The summed E-state index contributed by atoms with van der Waals surface area (Å²) in [5, 5.41) is 6.66. The largest absolute Gasteiger partial charge is 0.465 e. The van der Waals surface area contributed by atoms with Crippen molar-refractivity contribution in [1.29, 1.82) is 0 Å². The molecule has 5 heteroatoms. The van der Waals surface area contributed by atoms with Crippen molar-refractivity contribution in [1.82, 2.24) is 5.32 Å². The Labute approximate surface area is 129 Å². The molecular weight excluding hydrogens is 284 g/mol. The summed E-state index contributed by atoms with van der Waals surface area (Å²) in [4.78, 5) is 11.5. The standard InChI is InChI=1S/C16H16N2O2S/c1-20-15(19)13-8-5-9-14(10-13)18-16(21)17-11-12-6-3-2-4-7-12/h2-10H,11H2,1H3,(H2,17,18,21). The van der Waals surface area contributed by atoms with Gasteiger partial charge in [0, 0.05) is 12.2 Å². The Hall–Kier alpha value is -2.40. The Kier molecular flexibility index (Phi) is 5.29. The first-order valence-corrected chi connectivity index (χ1v) is 6.87. The van der Waals surface area contributed by atoms with Crippen molar-refractivity contribution >= 4 is 29.0 Å². The zero-order chi connectivity index (χ0) is 15.1. The molecule has 0 heterocycles. The molecule has 0 aromatic heterocycles. The van der Waals surface area contributed by atoms with Gasteiger partial charge in [-0.15, -0.1) is 0 Å². The quantitative estimate of drug-likeness (QED) is 0.671. The van der Waals surface area contributed by atoms with Crippen LogP contribution in [0.4, 0.5) is 5.69 Å². The fourth-order valence-electron chi connectivity index (χ4n) is 1.80. The molecule has 0 atom stereocenters. The van der Waals surface area contributed by atoms with E-state index in [2.05, 4.69) is 15.4 Å². The second kappa shape index (κ2) is 7.40. The highest BCUT2D eigenvalue weighted by Crippen LogP contribution is 2.11. The number of carbonyl (C=O) groups excluding carboxylic acids is 1. The summed E-state index contributed by atoms with van der Waals surface area (Å²) in [5.41, 5.74) is 2.36. The minimum absolute atomic E-state index is 0.373. The molecule has 21 heavy (non-hydrogen) atoms.